The average Bonchev–Trinajstić information content (AvgIpc) is 3.01. The molecule has 2 heterocycles. The van der Waals surface area contributed by atoms with Gasteiger partial charge in [0.15, 0.2) is 0 Å². The molecule has 0 aromatic heterocycles. The summed E-state index contributed by atoms with van der Waals surface area (Å²) in [5.74, 6) is -0.355. The topological polar surface area (TPSA) is 112 Å². The first-order chi connectivity index (χ1) is 16.1. The fraction of sp³-hybridized carbons (Fsp3) is 0.625. The van der Waals surface area contributed by atoms with Crippen molar-refractivity contribution in [1.29, 1.82) is 0 Å². The van der Waals surface area contributed by atoms with E-state index in [4.69, 9.17) is 9.68 Å². The number of hydrogen-bond donors (Lipinski definition) is 2. The van der Waals surface area contributed by atoms with E-state index in [1.807, 2.05) is 58.0 Å². The second-order valence-electron chi connectivity index (χ2n) is 9.90. The number of rotatable bonds is 10. The molecule has 0 saturated carbocycles. The summed E-state index contributed by atoms with van der Waals surface area (Å²) in [5.41, 5.74) is 2.93. The van der Waals surface area contributed by atoms with Crippen molar-refractivity contribution >= 4 is 18.0 Å². The molecule has 0 aliphatic carbocycles. The summed E-state index contributed by atoms with van der Waals surface area (Å²) >= 11 is 0. The van der Waals surface area contributed by atoms with Crippen LogP contribution in [0.15, 0.2) is 30.3 Å². The largest absolute Gasteiger partial charge is 0.465 e. The molecule has 2 aliphatic heterocycles. The van der Waals surface area contributed by atoms with Gasteiger partial charge in [0.2, 0.25) is 0 Å². The van der Waals surface area contributed by atoms with Gasteiger partial charge in [0.25, 0.3) is 5.91 Å². The van der Waals surface area contributed by atoms with Gasteiger partial charge >= 0.3 is 12.1 Å². The van der Waals surface area contributed by atoms with E-state index in [-0.39, 0.29) is 30.6 Å². The Hall–Kier alpha value is -2.85. The normalized spacial score (nSPS) is 20.9. The standard InChI is InChI=1S/C24H36N4O6/c1-17(27(23(31)32)24(2,3)4)9-8-14-33-25-21(29)20-13-12-19-15-26(20)22(30)28(19)34-16-18-10-6-5-7-11-18/h5-7,10-11,17,19-20H,8-9,12-16H2,1-4H3,(H,25,29)(H,31,32)/t17?,19-,20+/m1/s1. The first-order valence-electron chi connectivity index (χ1n) is 11.8. The predicted octanol–water partition coefficient (Wildman–Crippen LogP) is 3.38. The number of urea groups is 1. The van der Waals surface area contributed by atoms with Gasteiger partial charge in [-0.1, -0.05) is 30.3 Å². The highest BCUT2D eigenvalue weighted by Gasteiger charge is 2.48. The minimum absolute atomic E-state index is 0.0670. The van der Waals surface area contributed by atoms with Gasteiger partial charge in [-0.3, -0.25) is 14.5 Å². The van der Waals surface area contributed by atoms with Crippen molar-refractivity contribution in [3.8, 4) is 0 Å². The van der Waals surface area contributed by atoms with Gasteiger partial charge in [-0.15, -0.1) is 0 Å². The molecule has 0 spiro atoms. The van der Waals surface area contributed by atoms with Gasteiger partial charge < -0.3 is 14.9 Å². The number of nitrogens with one attached hydrogen (secondary N) is 1. The maximum Gasteiger partial charge on any atom is 0.407 e. The first kappa shape index (κ1) is 25.8. The lowest BCUT2D eigenvalue weighted by atomic mass is 10.0. The Balaban J connectivity index is 1.41. The molecule has 2 fully saturated rings. The van der Waals surface area contributed by atoms with Crippen molar-refractivity contribution < 1.29 is 29.2 Å². The van der Waals surface area contributed by atoms with Gasteiger partial charge in [-0.05, 0) is 58.9 Å². The van der Waals surface area contributed by atoms with E-state index < -0.39 is 17.7 Å². The smallest absolute Gasteiger partial charge is 0.407 e. The van der Waals surface area contributed by atoms with Crippen LogP contribution >= 0.6 is 0 Å². The average molecular weight is 477 g/mol. The lowest BCUT2D eigenvalue weighted by Crippen LogP contribution is -2.50. The monoisotopic (exact) mass is 476 g/mol. The fourth-order valence-corrected chi connectivity index (χ4v) is 4.70. The number of piperidine rings is 1. The van der Waals surface area contributed by atoms with E-state index in [2.05, 4.69) is 5.48 Å². The van der Waals surface area contributed by atoms with Crippen LogP contribution in [0, 0.1) is 0 Å². The van der Waals surface area contributed by atoms with E-state index in [0.29, 0.717) is 38.8 Å². The molecule has 10 heteroatoms. The van der Waals surface area contributed by atoms with Crippen molar-refractivity contribution in [2.75, 3.05) is 13.2 Å². The van der Waals surface area contributed by atoms with E-state index in [1.165, 1.54) is 14.9 Å². The maximum absolute atomic E-state index is 12.8. The van der Waals surface area contributed by atoms with E-state index in [0.717, 1.165) is 5.56 Å². The number of fused-ring (bicyclic) bond motifs is 2. The molecule has 2 bridgehead atoms. The molecule has 2 N–H and O–H groups in total. The summed E-state index contributed by atoms with van der Waals surface area (Å²) in [4.78, 5) is 51.1. The van der Waals surface area contributed by atoms with E-state index in [9.17, 15) is 19.5 Å². The lowest BCUT2D eigenvalue weighted by Gasteiger charge is -2.38. The third kappa shape index (κ3) is 6.18. The Morgan fingerprint density at radius 2 is 1.94 bits per heavy atom. The fourth-order valence-electron chi connectivity index (χ4n) is 4.70. The van der Waals surface area contributed by atoms with Crippen LogP contribution in [-0.4, -0.2) is 74.8 Å². The van der Waals surface area contributed by atoms with Gasteiger partial charge in [0, 0.05) is 18.1 Å². The van der Waals surface area contributed by atoms with Crippen LogP contribution in [0.2, 0.25) is 0 Å². The minimum Gasteiger partial charge on any atom is -0.465 e. The number of hydroxylamine groups is 3. The lowest BCUT2D eigenvalue weighted by molar-refractivity contribution is -0.141. The SMILES string of the molecule is CC(CCCONC(=O)[C@@H]1CC[C@@H]2CN1C(=O)N2OCc1ccccc1)N(C(=O)O)C(C)(C)C. The molecular weight excluding hydrogens is 440 g/mol. The number of carbonyl (C=O) groups is 3. The van der Waals surface area contributed by atoms with Crippen molar-refractivity contribution in [2.24, 2.45) is 0 Å². The van der Waals surface area contributed by atoms with E-state index in [1.54, 1.807) is 0 Å². The van der Waals surface area contributed by atoms with Crippen LogP contribution < -0.4 is 5.48 Å². The molecular formula is C24H36N4O6. The molecule has 2 saturated heterocycles. The number of carboxylic acid groups (broad SMARTS) is 1. The molecule has 34 heavy (non-hydrogen) atoms. The summed E-state index contributed by atoms with van der Waals surface area (Å²) in [6.45, 7) is 8.43. The summed E-state index contributed by atoms with van der Waals surface area (Å²) in [5, 5.41) is 10.9. The van der Waals surface area contributed by atoms with Crippen molar-refractivity contribution in [1.82, 2.24) is 20.3 Å². The zero-order valence-corrected chi connectivity index (χ0v) is 20.4. The Morgan fingerprint density at radius 3 is 2.59 bits per heavy atom. The highest BCUT2D eigenvalue weighted by atomic mass is 16.7. The highest BCUT2D eigenvalue weighted by Crippen LogP contribution is 2.30. The van der Waals surface area contributed by atoms with Crippen LogP contribution in [-0.2, 0) is 21.1 Å². The zero-order chi connectivity index (χ0) is 24.9. The van der Waals surface area contributed by atoms with Crippen LogP contribution in [0.4, 0.5) is 9.59 Å². The number of benzene rings is 1. The second kappa shape index (κ2) is 11.1. The number of nitrogens with zero attached hydrogens (tertiary/aromatic N) is 3. The molecule has 1 aromatic carbocycles. The number of carbonyl (C=O) groups excluding carboxylic acids is 2. The molecule has 1 aromatic rings. The summed E-state index contributed by atoms with van der Waals surface area (Å²) < 4.78 is 0. The Morgan fingerprint density at radius 1 is 1.24 bits per heavy atom. The minimum atomic E-state index is -0.957. The Bertz CT molecular complexity index is 859. The third-order valence-electron chi connectivity index (χ3n) is 6.25. The van der Waals surface area contributed by atoms with Gasteiger partial charge in [-0.2, -0.15) is 5.06 Å². The molecule has 3 rings (SSSR count). The quantitative estimate of drug-likeness (QED) is 0.396. The summed E-state index contributed by atoms with van der Waals surface area (Å²) in [6, 6.07) is 8.47. The molecule has 2 aliphatic rings. The molecule has 1 unspecified atom stereocenters. The highest BCUT2D eigenvalue weighted by molar-refractivity contribution is 5.88. The van der Waals surface area contributed by atoms with Crippen LogP contribution in [0.3, 0.4) is 0 Å². The predicted molar refractivity (Wildman–Crippen MR) is 124 cm³/mol. The number of amides is 4. The molecule has 10 nitrogen and oxygen atoms in total. The zero-order valence-electron chi connectivity index (χ0n) is 20.4. The molecule has 0 radical (unpaired) electrons. The van der Waals surface area contributed by atoms with Gasteiger partial charge in [0.1, 0.15) is 12.6 Å². The number of hydrogen-bond acceptors (Lipinski definition) is 5. The Labute approximate surface area is 200 Å². The summed E-state index contributed by atoms with van der Waals surface area (Å²) in [6.07, 6.45) is 1.43. The molecule has 188 valence electrons. The maximum atomic E-state index is 12.8. The third-order valence-corrected chi connectivity index (χ3v) is 6.25. The second-order valence-corrected chi connectivity index (χ2v) is 9.90. The van der Waals surface area contributed by atoms with Crippen molar-refractivity contribution in [3.05, 3.63) is 35.9 Å². The summed E-state index contributed by atoms with van der Waals surface area (Å²) in [7, 11) is 0. The molecule has 4 amide bonds. The van der Waals surface area contributed by atoms with E-state index >= 15 is 0 Å². The van der Waals surface area contributed by atoms with Crippen molar-refractivity contribution in [2.45, 2.75) is 83.6 Å². The molecule has 3 atom stereocenters. The van der Waals surface area contributed by atoms with Crippen LogP contribution in [0.25, 0.3) is 0 Å². The first-order valence-corrected chi connectivity index (χ1v) is 11.8. The van der Waals surface area contributed by atoms with Crippen LogP contribution in [0.5, 0.6) is 0 Å². The Kier molecular flexibility index (Phi) is 8.37. The van der Waals surface area contributed by atoms with Crippen molar-refractivity contribution in [3.63, 3.8) is 0 Å². The van der Waals surface area contributed by atoms with Gasteiger partial charge in [-0.25, -0.2) is 15.1 Å². The van der Waals surface area contributed by atoms with Crippen LogP contribution in [0.1, 0.15) is 58.9 Å². The van der Waals surface area contributed by atoms with Gasteiger partial charge in [0.05, 0.1) is 12.6 Å².